The molecule has 0 saturated heterocycles. The first kappa shape index (κ1) is 11.2. The van der Waals surface area contributed by atoms with E-state index in [9.17, 15) is 0 Å². The molecule has 96 valence electrons. The number of aromatic nitrogens is 4. The summed E-state index contributed by atoms with van der Waals surface area (Å²) < 4.78 is 1.85. The third-order valence-electron chi connectivity index (χ3n) is 3.20. The zero-order valence-corrected chi connectivity index (χ0v) is 11.4. The van der Waals surface area contributed by atoms with Crippen LogP contribution >= 0.6 is 22.9 Å². The Bertz CT molecular complexity index is 774. The van der Waals surface area contributed by atoms with Gasteiger partial charge in [0, 0.05) is 11.5 Å². The van der Waals surface area contributed by atoms with Gasteiger partial charge in [0.2, 0.25) is 4.96 Å². The summed E-state index contributed by atoms with van der Waals surface area (Å²) in [6.07, 6.45) is 2.36. The number of nitrogens with zero attached hydrogens (tertiary/aromatic N) is 4. The van der Waals surface area contributed by atoms with Crippen LogP contribution < -0.4 is 5.73 Å². The highest BCUT2D eigenvalue weighted by molar-refractivity contribution is 7.19. The van der Waals surface area contributed by atoms with Crippen molar-refractivity contribution in [1.29, 1.82) is 0 Å². The Morgan fingerprint density at radius 3 is 2.89 bits per heavy atom. The van der Waals surface area contributed by atoms with E-state index in [0.29, 0.717) is 16.6 Å². The van der Waals surface area contributed by atoms with Crippen molar-refractivity contribution in [3.05, 3.63) is 29.0 Å². The highest BCUT2D eigenvalue weighted by Crippen LogP contribution is 2.40. The van der Waals surface area contributed by atoms with E-state index in [-0.39, 0.29) is 0 Å². The molecule has 19 heavy (non-hydrogen) atoms. The lowest BCUT2D eigenvalue weighted by Gasteiger charge is -2.00. The molecule has 3 aromatic rings. The maximum absolute atomic E-state index is 5.93. The van der Waals surface area contributed by atoms with Gasteiger partial charge in [0.15, 0.2) is 5.82 Å². The molecule has 7 heteroatoms. The fourth-order valence-corrected chi connectivity index (χ4v) is 2.98. The molecular formula is C12H10ClN5S. The Morgan fingerprint density at radius 2 is 2.16 bits per heavy atom. The minimum absolute atomic E-state index is 0.528. The zero-order valence-electron chi connectivity index (χ0n) is 9.88. The van der Waals surface area contributed by atoms with Crippen molar-refractivity contribution < 1.29 is 0 Å². The molecule has 2 heterocycles. The molecule has 1 aromatic carbocycles. The molecule has 1 saturated carbocycles. The number of halogens is 1. The first-order valence-corrected chi connectivity index (χ1v) is 7.19. The zero-order chi connectivity index (χ0) is 13.0. The molecule has 0 radical (unpaired) electrons. The van der Waals surface area contributed by atoms with Crippen LogP contribution in [0.1, 0.15) is 24.6 Å². The Kier molecular flexibility index (Phi) is 2.31. The summed E-state index contributed by atoms with van der Waals surface area (Å²) in [7, 11) is 0. The van der Waals surface area contributed by atoms with Gasteiger partial charge in [0.25, 0.3) is 0 Å². The van der Waals surface area contributed by atoms with Crippen molar-refractivity contribution in [3.8, 4) is 10.6 Å². The van der Waals surface area contributed by atoms with E-state index < -0.39 is 0 Å². The summed E-state index contributed by atoms with van der Waals surface area (Å²) in [6.45, 7) is 0. The summed E-state index contributed by atoms with van der Waals surface area (Å²) in [5.74, 6) is 1.50. The predicted octanol–water partition coefficient (Wildman–Crippen LogP) is 2.97. The molecule has 0 spiro atoms. The van der Waals surface area contributed by atoms with E-state index in [2.05, 4.69) is 15.3 Å². The monoisotopic (exact) mass is 291 g/mol. The quantitative estimate of drug-likeness (QED) is 0.737. The Labute approximate surface area is 118 Å². The summed E-state index contributed by atoms with van der Waals surface area (Å²) in [5, 5.41) is 14.4. The van der Waals surface area contributed by atoms with Crippen LogP contribution in [0.15, 0.2) is 18.2 Å². The summed E-state index contributed by atoms with van der Waals surface area (Å²) in [6, 6.07) is 5.54. The predicted molar refractivity (Wildman–Crippen MR) is 75.5 cm³/mol. The van der Waals surface area contributed by atoms with Gasteiger partial charge in [0.1, 0.15) is 5.01 Å². The van der Waals surface area contributed by atoms with Crippen molar-refractivity contribution >= 4 is 33.6 Å². The van der Waals surface area contributed by atoms with Crippen molar-refractivity contribution in [3.63, 3.8) is 0 Å². The number of nitrogen functional groups attached to an aromatic ring is 1. The third-order valence-corrected chi connectivity index (χ3v) is 4.49. The summed E-state index contributed by atoms with van der Waals surface area (Å²) in [5.41, 5.74) is 7.35. The van der Waals surface area contributed by atoms with Gasteiger partial charge in [-0.25, -0.2) is 0 Å². The smallest absolute Gasteiger partial charge is 0.234 e. The Balaban J connectivity index is 1.84. The fourth-order valence-electron chi connectivity index (χ4n) is 2.02. The molecule has 0 atom stereocenters. The van der Waals surface area contributed by atoms with Gasteiger partial charge in [-0.3, -0.25) is 0 Å². The summed E-state index contributed by atoms with van der Waals surface area (Å²) >= 11 is 7.44. The van der Waals surface area contributed by atoms with Gasteiger partial charge < -0.3 is 5.73 Å². The maximum atomic E-state index is 5.93. The van der Waals surface area contributed by atoms with Crippen LogP contribution in [-0.2, 0) is 0 Å². The van der Waals surface area contributed by atoms with Crippen molar-refractivity contribution in [2.75, 3.05) is 5.73 Å². The van der Waals surface area contributed by atoms with Gasteiger partial charge in [-0.05, 0) is 25.0 Å². The fraction of sp³-hybridized carbons (Fsp3) is 0.250. The van der Waals surface area contributed by atoms with Gasteiger partial charge in [-0.1, -0.05) is 29.0 Å². The number of hydrogen-bond donors (Lipinski definition) is 1. The topological polar surface area (TPSA) is 69.1 Å². The van der Waals surface area contributed by atoms with E-state index in [1.54, 1.807) is 6.07 Å². The molecule has 0 amide bonds. The average molecular weight is 292 g/mol. The molecule has 0 aliphatic heterocycles. The van der Waals surface area contributed by atoms with E-state index in [1.165, 1.54) is 24.2 Å². The van der Waals surface area contributed by atoms with E-state index in [4.69, 9.17) is 17.3 Å². The van der Waals surface area contributed by atoms with Crippen LogP contribution in [0.2, 0.25) is 5.02 Å². The lowest BCUT2D eigenvalue weighted by Crippen LogP contribution is -1.93. The van der Waals surface area contributed by atoms with Crippen molar-refractivity contribution in [2.24, 2.45) is 0 Å². The molecule has 2 aromatic heterocycles. The molecular weight excluding hydrogens is 282 g/mol. The third kappa shape index (κ3) is 1.79. The lowest BCUT2D eigenvalue weighted by molar-refractivity contribution is 0.828. The standard InChI is InChI=1S/C12H10ClN5S/c13-8-4-3-7(5-9(8)14)11-17-18-10(6-1-2-6)15-16-12(18)19-11/h3-6H,1-2,14H2. The van der Waals surface area contributed by atoms with Crippen LogP contribution in [0.3, 0.4) is 0 Å². The minimum atomic E-state index is 0.528. The molecule has 2 N–H and O–H groups in total. The normalized spacial score (nSPS) is 15.2. The van der Waals surface area contributed by atoms with E-state index in [0.717, 1.165) is 21.4 Å². The second-order valence-corrected chi connectivity index (χ2v) is 6.03. The minimum Gasteiger partial charge on any atom is -0.398 e. The number of hydrogen-bond acceptors (Lipinski definition) is 5. The molecule has 1 aliphatic rings. The van der Waals surface area contributed by atoms with Crippen LogP contribution in [0, 0.1) is 0 Å². The number of fused-ring (bicyclic) bond motifs is 1. The largest absolute Gasteiger partial charge is 0.398 e. The van der Waals surface area contributed by atoms with Gasteiger partial charge >= 0.3 is 0 Å². The SMILES string of the molecule is Nc1cc(-c2nn3c(C4CC4)nnc3s2)ccc1Cl. The number of benzene rings is 1. The van der Waals surface area contributed by atoms with E-state index >= 15 is 0 Å². The number of nitrogens with two attached hydrogens (primary N) is 1. The van der Waals surface area contributed by atoms with Crippen LogP contribution in [0.25, 0.3) is 15.5 Å². The van der Waals surface area contributed by atoms with Gasteiger partial charge in [-0.2, -0.15) is 9.61 Å². The Hall–Kier alpha value is -1.66. The summed E-state index contributed by atoms with van der Waals surface area (Å²) in [4.78, 5) is 0.824. The first-order chi connectivity index (χ1) is 9.22. The van der Waals surface area contributed by atoms with Gasteiger partial charge in [0.05, 0.1) is 10.7 Å². The number of anilines is 1. The van der Waals surface area contributed by atoms with Gasteiger partial charge in [-0.15, -0.1) is 10.2 Å². The first-order valence-electron chi connectivity index (χ1n) is 6.00. The van der Waals surface area contributed by atoms with Crippen LogP contribution in [-0.4, -0.2) is 19.8 Å². The van der Waals surface area contributed by atoms with Crippen molar-refractivity contribution in [1.82, 2.24) is 19.8 Å². The maximum Gasteiger partial charge on any atom is 0.234 e. The number of rotatable bonds is 2. The Morgan fingerprint density at radius 1 is 1.32 bits per heavy atom. The lowest BCUT2D eigenvalue weighted by atomic mass is 10.2. The van der Waals surface area contributed by atoms with Crippen LogP contribution in [0.4, 0.5) is 5.69 Å². The van der Waals surface area contributed by atoms with Crippen molar-refractivity contribution in [2.45, 2.75) is 18.8 Å². The second kappa shape index (κ2) is 3.91. The second-order valence-electron chi connectivity index (χ2n) is 4.67. The molecule has 0 bridgehead atoms. The molecule has 5 nitrogen and oxygen atoms in total. The van der Waals surface area contributed by atoms with Crippen LogP contribution in [0.5, 0.6) is 0 Å². The molecule has 0 unspecified atom stereocenters. The molecule has 1 aliphatic carbocycles. The van der Waals surface area contributed by atoms with E-state index in [1.807, 2.05) is 16.6 Å². The highest BCUT2D eigenvalue weighted by atomic mass is 35.5. The highest BCUT2D eigenvalue weighted by Gasteiger charge is 2.30. The molecule has 1 fully saturated rings. The average Bonchev–Trinajstić information content (AvgIpc) is 3.01. The molecule has 4 rings (SSSR count).